The van der Waals surface area contributed by atoms with E-state index in [1.807, 2.05) is 6.92 Å². The van der Waals surface area contributed by atoms with Gasteiger partial charge in [0.15, 0.2) is 0 Å². The molecule has 4 nitrogen and oxygen atoms in total. The van der Waals surface area contributed by atoms with Gasteiger partial charge >= 0.3 is 0 Å². The van der Waals surface area contributed by atoms with Crippen molar-refractivity contribution in [1.82, 2.24) is 9.62 Å². The van der Waals surface area contributed by atoms with Crippen LogP contribution in [0.3, 0.4) is 0 Å². The van der Waals surface area contributed by atoms with Crippen LogP contribution in [-0.2, 0) is 10.0 Å². The van der Waals surface area contributed by atoms with Crippen molar-refractivity contribution < 1.29 is 12.8 Å². The molecule has 1 N–H and O–H groups in total. The van der Waals surface area contributed by atoms with Crippen LogP contribution >= 0.6 is 0 Å². The van der Waals surface area contributed by atoms with Crippen LogP contribution in [0.5, 0.6) is 0 Å². The van der Waals surface area contributed by atoms with Gasteiger partial charge in [0.2, 0.25) is 10.0 Å². The van der Waals surface area contributed by atoms with Crippen LogP contribution in [-0.4, -0.2) is 39.1 Å². The molecule has 0 aliphatic heterocycles. The molecule has 0 fully saturated rings. The minimum atomic E-state index is -3.19. The molecule has 0 saturated heterocycles. The number of sulfonamides is 1. The van der Waals surface area contributed by atoms with E-state index in [1.165, 1.54) is 30.5 Å². The van der Waals surface area contributed by atoms with Crippen LogP contribution in [0.25, 0.3) is 0 Å². The van der Waals surface area contributed by atoms with E-state index in [9.17, 15) is 12.8 Å². The zero-order valence-electron chi connectivity index (χ0n) is 10.9. The Hall–Kier alpha value is -0.980. The standard InChI is InChI=1S/C12H19FN2O2S/c1-10(11-5-4-6-12(13)9-11)14-7-8-18(16,17)15(2)3/h4-6,9-10,14H,7-8H2,1-3H3. The molecular weight excluding hydrogens is 255 g/mol. The second-order valence-corrected chi connectivity index (χ2v) is 6.63. The lowest BCUT2D eigenvalue weighted by Crippen LogP contribution is -2.32. The second-order valence-electron chi connectivity index (χ2n) is 4.33. The first-order chi connectivity index (χ1) is 8.33. The molecule has 1 atom stereocenters. The summed E-state index contributed by atoms with van der Waals surface area (Å²) in [4.78, 5) is 0. The monoisotopic (exact) mass is 274 g/mol. The first-order valence-corrected chi connectivity index (χ1v) is 7.33. The molecule has 18 heavy (non-hydrogen) atoms. The third kappa shape index (κ3) is 4.36. The molecule has 102 valence electrons. The fraction of sp³-hybridized carbons (Fsp3) is 0.500. The maximum atomic E-state index is 13.0. The average Bonchev–Trinajstić information content (AvgIpc) is 2.28. The number of rotatable bonds is 6. The third-order valence-electron chi connectivity index (χ3n) is 2.72. The van der Waals surface area contributed by atoms with E-state index in [1.54, 1.807) is 12.1 Å². The van der Waals surface area contributed by atoms with Crippen molar-refractivity contribution in [3.63, 3.8) is 0 Å². The molecular formula is C12H19FN2O2S. The Kier molecular flexibility index (Phi) is 5.25. The van der Waals surface area contributed by atoms with Gasteiger partial charge in [-0.1, -0.05) is 12.1 Å². The highest BCUT2D eigenvalue weighted by molar-refractivity contribution is 7.89. The number of halogens is 1. The Balaban J connectivity index is 2.50. The van der Waals surface area contributed by atoms with Gasteiger partial charge in [-0.05, 0) is 24.6 Å². The van der Waals surface area contributed by atoms with Crippen LogP contribution < -0.4 is 5.32 Å². The normalized spacial score (nSPS) is 13.8. The maximum Gasteiger partial charge on any atom is 0.214 e. The van der Waals surface area contributed by atoms with Crippen molar-refractivity contribution in [2.45, 2.75) is 13.0 Å². The average molecular weight is 274 g/mol. The predicted molar refractivity (Wildman–Crippen MR) is 70.3 cm³/mol. The second kappa shape index (κ2) is 6.26. The number of benzene rings is 1. The Morgan fingerprint density at radius 2 is 2.06 bits per heavy atom. The minimum Gasteiger partial charge on any atom is -0.309 e. The fourth-order valence-electron chi connectivity index (χ4n) is 1.48. The summed E-state index contributed by atoms with van der Waals surface area (Å²) in [6, 6.07) is 6.18. The van der Waals surface area contributed by atoms with E-state index in [4.69, 9.17) is 0 Å². The Morgan fingerprint density at radius 3 is 2.61 bits per heavy atom. The van der Waals surface area contributed by atoms with Gasteiger partial charge < -0.3 is 5.32 Å². The molecule has 0 amide bonds. The molecule has 6 heteroatoms. The van der Waals surface area contributed by atoms with Crippen molar-refractivity contribution in [2.75, 3.05) is 26.4 Å². The Labute approximate surface area is 108 Å². The SMILES string of the molecule is CC(NCCS(=O)(=O)N(C)C)c1cccc(F)c1. The Morgan fingerprint density at radius 1 is 1.39 bits per heavy atom. The van der Waals surface area contributed by atoms with Gasteiger partial charge in [-0.2, -0.15) is 0 Å². The highest BCUT2D eigenvalue weighted by Crippen LogP contribution is 2.13. The summed E-state index contributed by atoms with van der Waals surface area (Å²) < 4.78 is 37.3. The van der Waals surface area contributed by atoms with Crippen LogP contribution in [0, 0.1) is 5.82 Å². The molecule has 1 aromatic rings. The van der Waals surface area contributed by atoms with Gasteiger partial charge in [-0.15, -0.1) is 0 Å². The number of hydrogen-bond donors (Lipinski definition) is 1. The van der Waals surface area contributed by atoms with E-state index in [0.29, 0.717) is 6.54 Å². The molecule has 1 unspecified atom stereocenters. The summed E-state index contributed by atoms with van der Waals surface area (Å²) in [5.41, 5.74) is 0.803. The van der Waals surface area contributed by atoms with Crippen molar-refractivity contribution in [1.29, 1.82) is 0 Å². The quantitative estimate of drug-likeness (QED) is 0.852. The van der Waals surface area contributed by atoms with Crippen molar-refractivity contribution in [2.24, 2.45) is 0 Å². The molecule has 0 aliphatic rings. The smallest absolute Gasteiger partial charge is 0.214 e. The number of hydrogen-bond acceptors (Lipinski definition) is 3. The van der Waals surface area contributed by atoms with Crippen LogP contribution in [0.2, 0.25) is 0 Å². The molecule has 0 aromatic heterocycles. The van der Waals surface area contributed by atoms with E-state index in [-0.39, 0.29) is 17.6 Å². The number of nitrogens with zero attached hydrogens (tertiary/aromatic N) is 1. The summed E-state index contributed by atoms with van der Waals surface area (Å²) in [5, 5.41) is 3.06. The highest BCUT2D eigenvalue weighted by atomic mass is 32.2. The van der Waals surface area contributed by atoms with Gasteiger partial charge in [0.25, 0.3) is 0 Å². The minimum absolute atomic E-state index is 0.0274. The Bertz CT molecular complexity index is 489. The molecule has 0 aliphatic carbocycles. The third-order valence-corrected chi connectivity index (χ3v) is 4.55. The van der Waals surface area contributed by atoms with Gasteiger partial charge in [-0.25, -0.2) is 17.1 Å². The lowest BCUT2D eigenvalue weighted by Gasteiger charge is -2.16. The van der Waals surface area contributed by atoms with Crippen molar-refractivity contribution >= 4 is 10.0 Å². The van der Waals surface area contributed by atoms with Gasteiger partial charge in [0.05, 0.1) is 5.75 Å². The van der Waals surface area contributed by atoms with E-state index in [2.05, 4.69) is 5.32 Å². The summed E-state index contributed by atoms with van der Waals surface area (Å²) in [5.74, 6) is -0.262. The molecule has 1 aromatic carbocycles. The van der Waals surface area contributed by atoms with Gasteiger partial charge in [0.1, 0.15) is 5.82 Å². The van der Waals surface area contributed by atoms with Gasteiger partial charge in [0, 0.05) is 26.7 Å². The first-order valence-electron chi connectivity index (χ1n) is 5.72. The van der Waals surface area contributed by atoms with Crippen LogP contribution in [0.1, 0.15) is 18.5 Å². The fourth-order valence-corrected chi connectivity index (χ4v) is 2.22. The van der Waals surface area contributed by atoms with E-state index >= 15 is 0 Å². The van der Waals surface area contributed by atoms with E-state index < -0.39 is 10.0 Å². The summed E-state index contributed by atoms with van der Waals surface area (Å²) >= 11 is 0. The topological polar surface area (TPSA) is 49.4 Å². The summed E-state index contributed by atoms with van der Waals surface area (Å²) in [7, 11) is -0.177. The zero-order chi connectivity index (χ0) is 13.8. The molecule has 0 heterocycles. The van der Waals surface area contributed by atoms with E-state index in [0.717, 1.165) is 5.56 Å². The van der Waals surface area contributed by atoms with Crippen molar-refractivity contribution in [3.8, 4) is 0 Å². The number of nitrogens with one attached hydrogen (secondary N) is 1. The molecule has 0 spiro atoms. The van der Waals surface area contributed by atoms with Gasteiger partial charge in [-0.3, -0.25) is 0 Å². The van der Waals surface area contributed by atoms with Crippen molar-refractivity contribution in [3.05, 3.63) is 35.6 Å². The molecule has 0 bridgehead atoms. The first kappa shape index (κ1) is 15.1. The predicted octanol–water partition coefficient (Wildman–Crippen LogP) is 1.37. The lowest BCUT2D eigenvalue weighted by atomic mass is 10.1. The molecule has 0 radical (unpaired) electrons. The van der Waals surface area contributed by atoms with Crippen LogP contribution in [0.15, 0.2) is 24.3 Å². The molecule has 1 rings (SSSR count). The lowest BCUT2D eigenvalue weighted by molar-refractivity contribution is 0.512. The summed E-state index contributed by atoms with van der Waals surface area (Å²) in [6.07, 6.45) is 0. The highest BCUT2D eigenvalue weighted by Gasteiger charge is 2.14. The van der Waals surface area contributed by atoms with Crippen LogP contribution in [0.4, 0.5) is 4.39 Å². The summed E-state index contributed by atoms with van der Waals surface area (Å²) in [6.45, 7) is 2.20. The largest absolute Gasteiger partial charge is 0.309 e. The maximum absolute atomic E-state index is 13.0. The molecule has 0 saturated carbocycles. The zero-order valence-corrected chi connectivity index (χ0v) is 11.7.